The molecule has 2 atom stereocenters. The van der Waals surface area contributed by atoms with E-state index in [0.29, 0.717) is 0 Å². The van der Waals surface area contributed by atoms with Gasteiger partial charge in [0.05, 0.1) is 24.4 Å². The number of aliphatic hydroxyl groups excluding tert-OH is 4. The van der Waals surface area contributed by atoms with Crippen LogP contribution < -0.4 is 0 Å². The van der Waals surface area contributed by atoms with E-state index in [1.165, 1.54) is 0 Å². The van der Waals surface area contributed by atoms with Crippen molar-refractivity contribution < 1.29 is 20.4 Å². The molecule has 0 amide bonds. The van der Waals surface area contributed by atoms with Gasteiger partial charge in [-0.3, -0.25) is 0 Å². The molecule has 4 N–H and O–H groups in total. The topological polar surface area (TPSA) is 80.9 Å². The third-order valence-corrected chi connectivity index (χ3v) is 3.30. The van der Waals surface area contributed by atoms with Gasteiger partial charge in [-0.25, -0.2) is 0 Å². The van der Waals surface area contributed by atoms with E-state index in [1.54, 1.807) is 0 Å². The van der Waals surface area contributed by atoms with Gasteiger partial charge < -0.3 is 20.4 Å². The smallest absolute Gasteiger partial charge is 0.0535 e. The van der Waals surface area contributed by atoms with Crippen LogP contribution in [0.4, 0.5) is 0 Å². The standard InChI is InChI=1S/4C5H12O/c2*1-3-4-5(2)6;2*1-3-5(6)4-2/h4*5-6H,3-4H2,1-2H3. The Hall–Kier alpha value is -0.160. The highest BCUT2D eigenvalue weighted by Gasteiger charge is 1.91. The largest absolute Gasteiger partial charge is 0.393 e. The summed E-state index contributed by atoms with van der Waals surface area (Å²) in [7, 11) is 0. The molecule has 24 heavy (non-hydrogen) atoms. The maximum atomic E-state index is 8.67. The molecule has 4 heteroatoms. The van der Waals surface area contributed by atoms with Gasteiger partial charge in [0.2, 0.25) is 0 Å². The van der Waals surface area contributed by atoms with E-state index in [9.17, 15) is 0 Å². The highest BCUT2D eigenvalue weighted by atomic mass is 16.3. The van der Waals surface area contributed by atoms with Gasteiger partial charge in [0.1, 0.15) is 0 Å². The molecule has 0 aromatic carbocycles. The lowest BCUT2D eigenvalue weighted by Gasteiger charge is -1.98. The Bertz CT molecular complexity index is 156. The molecule has 2 unspecified atom stereocenters. The summed E-state index contributed by atoms with van der Waals surface area (Å²) < 4.78 is 0. The van der Waals surface area contributed by atoms with E-state index in [2.05, 4.69) is 13.8 Å². The Morgan fingerprint density at radius 1 is 0.500 bits per heavy atom. The molecule has 152 valence electrons. The molecule has 0 heterocycles. The maximum Gasteiger partial charge on any atom is 0.0535 e. The van der Waals surface area contributed by atoms with Crippen LogP contribution in [0.3, 0.4) is 0 Å². The van der Waals surface area contributed by atoms with E-state index in [0.717, 1.165) is 51.4 Å². The third kappa shape index (κ3) is 49.5. The van der Waals surface area contributed by atoms with Gasteiger partial charge >= 0.3 is 0 Å². The van der Waals surface area contributed by atoms with Crippen LogP contribution in [-0.4, -0.2) is 44.8 Å². The van der Waals surface area contributed by atoms with Crippen molar-refractivity contribution in [3.63, 3.8) is 0 Å². The molecular formula is C20H48O4. The van der Waals surface area contributed by atoms with Crippen LogP contribution in [0.5, 0.6) is 0 Å². The first kappa shape index (κ1) is 31.6. The number of aliphatic hydroxyl groups is 4. The molecule has 0 bridgehead atoms. The molecule has 0 saturated heterocycles. The second kappa shape index (κ2) is 27.7. The molecule has 0 radical (unpaired) electrons. The molecule has 0 rings (SSSR count). The molecule has 0 aromatic rings. The van der Waals surface area contributed by atoms with Crippen LogP contribution in [-0.2, 0) is 0 Å². The second-order valence-electron chi connectivity index (χ2n) is 6.22. The number of rotatable bonds is 8. The van der Waals surface area contributed by atoms with Crippen LogP contribution in [0, 0.1) is 0 Å². The quantitative estimate of drug-likeness (QED) is 0.512. The zero-order valence-corrected chi connectivity index (χ0v) is 17.8. The molecule has 0 spiro atoms. The average molecular weight is 353 g/mol. The van der Waals surface area contributed by atoms with Crippen molar-refractivity contribution in [2.75, 3.05) is 0 Å². The minimum atomic E-state index is -0.102. The van der Waals surface area contributed by atoms with Crippen molar-refractivity contribution in [2.24, 2.45) is 0 Å². The summed E-state index contributed by atoms with van der Waals surface area (Å²) >= 11 is 0. The van der Waals surface area contributed by atoms with Crippen molar-refractivity contribution in [1.82, 2.24) is 0 Å². The molecule has 0 saturated carbocycles. The lowest BCUT2D eigenvalue weighted by Crippen LogP contribution is -1.99. The van der Waals surface area contributed by atoms with Crippen molar-refractivity contribution in [3.8, 4) is 0 Å². The zero-order chi connectivity index (χ0) is 20.0. The summed E-state index contributed by atoms with van der Waals surface area (Å²) in [5.74, 6) is 0. The lowest BCUT2D eigenvalue weighted by molar-refractivity contribution is 0.166. The van der Waals surface area contributed by atoms with E-state index in [1.807, 2.05) is 41.5 Å². The Balaban J connectivity index is -0.000000111. The predicted octanol–water partition coefficient (Wildman–Crippen LogP) is 4.67. The predicted molar refractivity (Wildman–Crippen MR) is 106 cm³/mol. The monoisotopic (exact) mass is 352 g/mol. The fourth-order valence-electron chi connectivity index (χ4n) is 1.41. The SMILES string of the molecule is CCC(O)CC.CCC(O)CC.CCCC(C)O.CCCC(C)O. The minimum Gasteiger partial charge on any atom is -0.393 e. The van der Waals surface area contributed by atoms with Gasteiger partial charge in [-0.15, -0.1) is 0 Å². The normalized spacial score (nSPS) is 12.2. The Morgan fingerprint density at radius 3 is 0.708 bits per heavy atom. The van der Waals surface area contributed by atoms with Crippen LogP contribution in [0.2, 0.25) is 0 Å². The highest BCUT2D eigenvalue weighted by Crippen LogP contribution is 1.93. The summed E-state index contributed by atoms with van der Waals surface area (Å²) in [6, 6.07) is 0. The zero-order valence-electron chi connectivity index (χ0n) is 17.8. The first-order chi connectivity index (χ1) is 11.2. The second-order valence-corrected chi connectivity index (χ2v) is 6.22. The van der Waals surface area contributed by atoms with Gasteiger partial charge in [0.25, 0.3) is 0 Å². The van der Waals surface area contributed by atoms with Crippen molar-refractivity contribution in [1.29, 1.82) is 0 Å². The van der Waals surface area contributed by atoms with Crippen molar-refractivity contribution >= 4 is 0 Å². The molecule has 0 aliphatic rings. The minimum absolute atomic E-state index is 0.0648. The van der Waals surface area contributed by atoms with E-state index >= 15 is 0 Å². The van der Waals surface area contributed by atoms with Crippen LogP contribution in [0.25, 0.3) is 0 Å². The van der Waals surface area contributed by atoms with Gasteiger partial charge in [0, 0.05) is 0 Å². The van der Waals surface area contributed by atoms with Gasteiger partial charge in [0.15, 0.2) is 0 Å². The highest BCUT2D eigenvalue weighted by molar-refractivity contribution is 4.44. The molecule has 0 aliphatic carbocycles. The van der Waals surface area contributed by atoms with Crippen LogP contribution in [0.1, 0.15) is 107 Å². The molecule has 0 aliphatic heterocycles. The Kier molecular flexibility index (Phi) is 36.4. The van der Waals surface area contributed by atoms with E-state index in [-0.39, 0.29) is 24.4 Å². The third-order valence-electron chi connectivity index (χ3n) is 3.30. The fourth-order valence-corrected chi connectivity index (χ4v) is 1.41. The van der Waals surface area contributed by atoms with E-state index < -0.39 is 0 Å². The van der Waals surface area contributed by atoms with Crippen molar-refractivity contribution in [2.45, 2.75) is 131 Å². The first-order valence-electron chi connectivity index (χ1n) is 9.88. The first-order valence-corrected chi connectivity index (χ1v) is 9.88. The molecular weight excluding hydrogens is 304 g/mol. The molecule has 0 aromatic heterocycles. The number of hydrogen-bond acceptors (Lipinski definition) is 4. The van der Waals surface area contributed by atoms with Gasteiger partial charge in [-0.2, -0.15) is 0 Å². The molecule has 4 nitrogen and oxygen atoms in total. The van der Waals surface area contributed by atoms with Gasteiger partial charge in [-0.1, -0.05) is 54.4 Å². The molecule has 0 fully saturated rings. The van der Waals surface area contributed by atoms with Gasteiger partial charge in [-0.05, 0) is 52.4 Å². The maximum absolute atomic E-state index is 8.67. The van der Waals surface area contributed by atoms with Crippen LogP contribution in [0.15, 0.2) is 0 Å². The average Bonchev–Trinajstić information content (AvgIpc) is 2.54. The van der Waals surface area contributed by atoms with E-state index in [4.69, 9.17) is 20.4 Å². The van der Waals surface area contributed by atoms with Crippen LogP contribution >= 0.6 is 0 Å². The Morgan fingerprint density at radius 2 is 0.708 bits per heavy atom. The summed E-state index contributed by atoms with van der Waals surface area (Å²) in [6.07, 6.45) is 7.23. The Labute approximate surface area is 152 Å². The fraction of sp³-hybridized carbons (Fsp3) is 1.00. The summed E-state index contributed by atoms with van der Waals surface area (Å²) in [5.41, 5.74) is 0. The number of hydrogen-bond donors (Lipinski definition) is 4. The summed E-state index contributed by atoms with van der Waals surface area (Å²) in [6.45, 7) is 15.7. The summed E-state index contributed by atoms with van der Waals surface area (Å²) in [5, 5.41) is 34.4. The summed E-state index contributed by atoms with van der Waals surface area (Å²) in [4.78, 5) is 0. The lowest BCUT2D eigenvalue weighted by atomic mass is 10.2. The van der Waals surface area contributed by atoms with Crippen molar-refractivity contribution in [3.05, 3.63) is 0 Å².